The molecule has 0 radical (unpaired) electrons. The van der Waals surface area contributed by atoms with E-state index in [1.165, 1.54) is 12.8 Å². The normalized spacial score (nSPS) is 23.7. The van der Waals surface area contributed by atoms with E-state index in [0.717, 1.165) is 12.3 Å². The molecule has 3 heterocycles. The summed E-state index contributed by atoms with van der Waals surface area (Å²) < 4.78 is 5.57. The van der Waals surface area contributed by atoms with E-state index in [1.54, 1.807) is 17.2 Å². The van der Waals surface area contributed by atoms with E-state index < -0.39 is 0 Å². The zero-order chi connectivity index (χ0) is 16.7. The minimum atomic E-state index is -0.0885. The molecule has 7 nitrogen and oxygen atoms in total. The number of hydrogen-bond donors (Lipinski definition) is 1. The Morgan fingerprint density at radius 2 is 2.29 bits per heavy atom. The van der Waals surface area contributed by atoms with Gasteiger partial charge in [0.1, 0.15) is 0 Å². The molecule has 7 heteroatoms. The summed E-state index contributed by atoms with van der Waals surface area (Å²) in [5.74, 6) is 1.32. The van der Waals surface area contributed by atoms with Gasteiger partial charge in [-0.15, -0.1) is 0 Å². The molecule has 2 fully saturated rings. The molecule has 0 spiro atoms. The maximum atomic E-state index is 13.0. The van der Waals surface area contributed by atoms with Crippen molar-refractivity contribution in [1.29, 1.82) is 0 Å². The van der Waals surface area contributed by atoms with Gasteiger partial charge in [0.15, 0.2) is 5.82 Å². The number of ether oxygens (including phenoxy) is 1. The van der Waals surface area contributed by atoms with Gasteiger partial charge in [-0.2, -0.15) is 0 Å². The van der Waals surface area contributed by atoms with Crippen molar-refractivity contribution >= 4 is 23.3 Å². The third kappa shape index (κ3) is 2.96. The van der Waals surface area contributed by atoms with Crippen LogP contribution in [0.25, 0.3) is 0 Å². The summed E-state index contributed by atoms with van der Waals surface area (Å²) in [5, 5.41) is 2.80. The van der Waals surface area contributed by atoms with Crippen molar-refractivity contribution in [2.24, 2.45) is 5.92 Å². The molecule has 1 N–H and O–H groups in total. The predicted octanol–water partition coefficient (Wildman–Crippen LogP) is 1.11. The van der Waals surface area contributed by atoms with Crippen LogP contribution in [0.4, 0.5) is 11.5 Å². The number of hydrogen-bond acceptors (Lipinski definition) is 5. The fourth-order valence-electron chi connectivity index (χ4n) is 3.47. The summed E-state index contributed by atoms with van der Waals surface area (Å²) in [5.41, 5.74) is 1.12. The Morgan fingerprint density at radius 3 is 3.08 bits per heavy atom. The molecule has 128 valence electrons. The van der Waals surface area contributed by atoms with Crippen molar-refractivity contribution in [3.05, 3.63) is 17.8 Å². The van der Waals surface area contributed by atoms with Gasteiger partial charge in [-0.05, 0) is 18.4 Å². The molecular weight excluding hydrogens is 308 g/mol. The predicted molar refractivity (Wildman–Crippen MR) is 89.1 cm³/mol. The Hall–Kier alpha value is -2.15. The number of nitrogens with zero attached hydrogens (tertiary/aromatic N) is 3. The van der Waals surface area contributed by atoms with Gasteiger partial charge in [0, 0.05) is 19.8 Å². The van der Waals surface area contributed by atoms with Gasteiger partial charge in [0.25, 0.3) is 5.91 Å². The smallest absolute Gasteiger partial charge is 0.255 e. The third-order valence-electron chi connectivity index (χ3n) is 4.92. The fraction of sp³-hybridized carbons (Fsp3) is 0.588. The van der Waals surface area contributed by atoms with Crippen molar-refractivity contribution in [3.63, 3.8) is 0 Å². The molecule has 4 rings (SSSR count). The monoisotopic (exact) mass is 330 g/mol. The Kier molecular flexibility index (Phi) is 3.88. The molecule has 24 heavy (non-hydrogen) atoms. The van der Waals surface area contributed by atoms with Gasteiger partial charge < -0.3 is 19.9 Å². The van der Waals surface area contributed by atoms with E-state index in [1.807, 2.05) is 11.9 Å². The molecule has 1 aromatic heterocycles. The first-order valence-electron chi connectivity index (χ1n) is 8.51. The maximum absolute atomic E-state index is 13.0. The van der Waals surface area contributed by atoms with Crippen LogP contribution < -0.4 is 10.2 Å². The number of carbonyl (C=O) groups is 2. The molecule has 1 saturated carbocycles. The third-order valence-corrected chi connectivity index (χ3v) is 4.92. The molecule has 3 aliphatic rings. The van der Waals surface area contributed by atoms with Crippen LogP contribution in [0.5, 0.6) is 0 Å². The SMILES string of the molecule is CN1CC(=O)Nc2cc(C(=O)N3CCOCC3CC3CC3)cnc21. The van der Waals surface area contributed by atoms with Crippen molar-refractivity contribution < 1.29 is 14.3 Å². The van der Waals surface area contributed by atoms with E-state index in [2.05, 4.69) is 10.3 Å². The molecule has 1 aromatic rings. The minimum Gasteiger partial charge on any atom is -0.377 e. The molecule has 0 aromatic carbocycles. The van der Waals surface area contributed by atoms with Gasteiger partial charge >= 0.3 is 0 Å². The van der Waals surface area contributed by atoms with E-state index in [0.29, 0.717) is 36.8 Å². The summed E-state index contributed by atoms with van der Waals surface area (Å²) in [7, 11) is 1.82. The van der Waals surface area contributed by atoms with Crippen LogP contribution in [0.3, 0.4) is 0 Å². The summed E-state index contributed by atoms with van der Waals surface area (Å²) in [4.78, 5) is 32.8. The van der Waals surface area contributed by atoms with E-state index in [9.17, 15) is 9.59 Å². The molecule has 1 unspecified atom stereocenters. The number of carbonyl (C=O) groups excluding carboxylic acids is 2. The van der Waals surface area contributed by atoms with Crippen molar-refractivity contribution in [2.75, 3.05) is 43.6 Å². The van der Waals surface area contributed by atoms with Crippen LogP contribution in [-0.4, -0.2) is 61.1 Å². The summed E-state index contributed by atoms with van der Waals surface area (Å²) >= 11 is 0. The Bertz CT molecular complexity index is 674. The number of likely N-dealkylation sites (N-methyl/N-ethyl adjacent to an activating group) is 1. The zero-order valence-corrected chi connectivity index (χ0v) is 13.8. The molecule has 1 aliphatic carbocycles. The number of nitrogens with one attached hydrogen (secondary N) is 1. The quantitative estimate of drug-likeness (QED) is 0.899. The van der Waals surface area contributed by atoms with Gasteiger partial charge in [-0.25, -0.2) is 4.98 Å². The number of fused-ring (bicyclic) bond motifs is 1. The highest BCUT2D eigenvalue weighted by molar-refractivity contribution is 6.02. The number of anilines is 2. The number of amides is 2. The Labute approximate surface area is 141 Å². The topological polar surface area (TPSA) is 74.8 Å². The van der Waals surface area contributed by atoms with Crippen LogP contribution in [0.2, 0.25) is 0 Å². The molecule has 2 amide bonds. The Balaban J connectivity index is 1.56. The first kappa shape index (κ1) is 15.4. The Morgan fingerprint density at radius 1 is 1.46 bits per heavy atom. The molecule has 2 aliphatic heterocycles. The number of morpholine rings is 1. The van der Waals surface area contributed by atoms with Crippen LogP contribution >= 0.6 is 0 Å². The first-order chi connectivity index (χ1) is 11.6. The second kappa shape index (κ2) is 6.05. The van der Waals surface area contributed by atoms with Crippen molar-refractivity contribution in [3.8, 4) is 0 Å². The second-order valence-corrected chi connectivity index (χ2v) is 6.91. The molecule has 1 atom stereocenters. The van der Waals surface area contributed by atoms with Crippen LogP contribution in [0.15, 0.2) is 12.3 Å². The maximum Gasteiger partial charge on any atom is 0.255 e. The summed E-state index contributed by atoms with van der Waals surface area (Å²) in [6.07, 6.45) is 5.15. The average Bonchev–Trinajstić information content (AvgIpc) is 3.38. The molecule has 1 saturated heterocycles. The highest BCUT2D eigenvalue weighted by atomic mass is 16.5. The fourth-order valence-corrected chi connectivity index (χ4v) is 3.47. The number of aromatic nitrogens is 1. The standard InChI is InChI=1S/C17H22N4O3/c1-20-9-15(22)19-14-7-12(8-18-16(14)20)17(23)21-4-5-24-10-13(21)6-11-2-3-11/h7-8,11,13H,2-6,9-10H2,1H3,(H,19,22). The minimum absolute atomic E-state index is 0.0262. The molecular formula is C17H22N4O3. The zero-order valence-electron chi connectivity index (χ0n) is 13.8. The lowest BCUT2D eigenvalue weighted by molar-refractivity contribution is -0.115. The lowest BCUT2D eigenvalue weighted by Gasteiger charge is -2.36. The van der Waals surface area contributed by atoms with E-state index in [4.69, 9.17) is 4.74 Å². The van der Waals surface area contributed by atoms with E-state index >= 15 is 0 Å². The van der Waals surface area contributed by atoms with Crippen molar-refractivity contribution in [2.45, 2.75) is 25.3 Å². The van der Waals surface area contributed by atoms with Crippen LogP contribution in [0, 0.1) is 5.92 Å². The van der Waals surface area contributed by atoms with Crippen LogP contribution in [0.1, 0.15) is 29.6 Å². The van der Waals surface area contributed by atoms with Gasteiger partial charge in [0.2, 0.25) is 5.91 Å². The molecule has 0 bridgehead atoms. The summed E-state index contributed by atoms with van der Waals surface area (Å²) in [6, 6.07) is 1.88. The lowest BCUT2D eigenvalue weighted by atomic mass is 10.1. The highest BCUT2D eigenvalue weighted by Crippen LogP contribution is 2.36. The number of rotatable bonds is 3. The highest BCUT2D eigenvalue weighted by Gasteiger charge is 2.34. The van der Waals surface area contributed by atoms with Gasteiger partial charge in [-0.1, -0.05) is 12.8 Å². The second-order valence-electron chi connectivity index (χ2n) is 6.91. The van der Waals surface area contributed by atoms with Gasteiger partial charge in [0.05, 0.1) is 37.1 Å². The average molecular weight is 330 g/mol. The lowest BCUT2D eigenvalue weighted by Crippen LogP contribution is -2.49. The number of pyridine rings is 1. The van der Waals surface area contributed by atoms with Gasteiger partial charge in [-0.3, -0.25) is 9.59 Å². The van der Waals surface area contributed by atoms with Crippen molar-refractivity contribution in [1.82, 2.24) is 9.88 Å². The van der Waals surface area contributed by atoms with E-state index in [-0.39, 0.29) is 24.4 Å². The van der Waals surface area contributed by atoms with Crippen LogP contribution in [-0.2, 0) is 9.53 Å². The summed E-state index contributed by atoms with van der Waals surface area (Å²) in [6.45, 7) is 2.07. The first-order valence-corrected chi connectivity index (χ1v) is 8.51. The largest absolute Gasteiger partial charge is 0.377 e.